The molecule has 1 nitrogen and oxygen atoms in total. The zero-order valence-electron chi connectivity index (χ0n) is 6.24. The van der Waals surface area contributed by atoms with E-state index in [-0.39, 0.29) is 5.16 Å². The maximum absolute atomic E-state index is 5.55. The highest BCUT2D eigenvalue weighted by atomic mass is 35.5. The van der Waals surface area contributed by atoms with Gasteiger partial charge < -0.3 is 0 Å². The molecule has 0 bridgehead atoms. The molecule has 12 heavy (non-hydrogen) atoms. The normalized spacial score (nSPS) is 12.3. The summed E-state index contributed by atoms with van der Waals surface area (Å²) in [5, 5.41) is 0.278. The summed E-state index contributed by atoms with van der Waals surface area (Å²) in [5.74, 6) is 0. The molecule has 0 N–H and O–H groups in total. The Morgan fingerprint density at radius 3 is 2.50 bits per heavy atom. The molecule has 3 heteroatoms. The first kappa shape index (κ1) is 9.30. The van der Waals surface area contributed by atoms with Crippen molar-refractivity contribution in [1.29, 1.82) is 0 Å². The Kier molecular flexibility index (Phi) is 3.85. The molecule has 62 valence electrons. The van der Waals surface area contributed by atoms with Gasteiger partial charge in [-0.3, -0.25) is 0 Å². The molecule has 0 spiro atoms. The summed E-state index contributed by atoms with van der Waals surface area (Å²) in [6, 6.07) is 9.67. The summed E-state index contributed by atoms with van der Waals surface area (Å²) in [7, 11) is 0. The quantitative estimate of drug-likeness (QED) is 0.512. The molecule has 0 amide bonds. The highest BCUT2D eigenvalue weighted by Crippen LogP contribution is 2.04. The van der Waals surface area contributed by atoms with Gasteiger partial charge in [-0.05, 0) is 5.56 Å². The third-order valence-electron chi connectivity index (χ3n) is 1.23. The second-order valence-corrected chi connectivity index (χ2v) is 2.71. The van der Waals surface area contributed by atoms with Crippen molar-refractivity contribution in [2.45, 2.75) is 0 Å². The number of nitrogens with zero attached hydrogens (tertiary/aromatic N) is 1. The number of benzene rings is 1. The fraction of sp³-hybridized carbons (Fsp3) is 0. The van der Waals surface area contributed by atoms with E-state index in [0.29, 0.717) is 0 Å². The van der Waals surface area contributed by atoms with Crippen molar-refractivity contribution in [3.8, 4) is 0 Å². The number of halogens is 2. The van der Waals surface area contributed by atoms with Crippen LogP contribution in [0.4, 0.5) is 0 Å². The lowest BCUT2D eigenvalue weighted by Gasteiger charge is -1.89. The minimum atomic E-state index is 0.278. The standard InChI is InChI=1S/C9H7Cl2N/c10-6-9(11)12-7-8-4-2-1-3-5-8/h1-7H/b9-6+,12-7+. The molecule has 0 heterocycles. The van der Waals surface area contributed by atoms with Crippen molar-refractivity contribution in [3.05, 3.63) is 46.6 Å². The van der Waals surface area contributed by atoms with Crippen molar-refractivity contribution in [3.63, 3.8) is 0 Å². The topological polar surface area (TPSA) is 12.4 Å². The lowest BCUT2D eigenvalue weighted by atomic mass is 10.2. The molecule has 0 aliphatic carbocycles. The van der Waals surface area contributed by atoms with E-state index in [1.807, 2.05) is 30.3 Å². The predicted octanol–water partition coefficient (Wildman–Crippen LogP) is 3.38. The molecule has 0 aromatic heterocycles. The van der Waals surface area contributed by atoms with Crippen LogP contribution in [0.15, 0.2) is 46.0 Å². The van der Waals surface area contributed by atoms with Crippen LogP contribution in [-0.4, -0.2) is 6.21 Å². The maximum Gasteiger partial charge on any atom is 0.140 e. The Morgan fingerprint density at radius 1 is 1.25 bits per heavy atom. The van der Waals surface area contributed by atoms with E-state index in [9.17, 15) is 0 Å². The lowest BCUT2D eigenvalue weighted by molar-refractivity contribution is 1.53. The Morgan fingerprint density at radius 2 is 1.92 bits per heavy atom. The van der Waals surface area contributed by atoms with Gasteiger partial charge in [0.25, 0.3) is 0 Å². The van der Waals surface area contributed by atoms with Gasteiger partial charge in [0.2, 0.25) is 0 Å². The van der Waals surface area contributed by atoms with E-state index < -0.39 is 0 Å². The van der Waals surface area contributed by atoms with E-state index in [4.69, 9.17) is 23.2 Å². The average Bonchev–Trinajstić information content (AvgIpc) is 2.16. The van der Waals surface area contributed by atoms with Gasteiger partial charge in [0, 0.05) is 11.7 Å². The van der Waals surface area contributed by atoms with E-state index in [2.05, 4.69) is 4.99 Å². The summed E-state index contributed by atoms with van der Waals surface area (Å²) in [6.45, 7) is 0. The molecule has 0 unspecified atom stereocenters. The smallest absolute Gasteiger partial charge is 0.140 e. The molecule has 1 aromatic rings. The summed E-state index contributed by atoms with van der Waals surface area (Å²) in [6.07, 6.45) is 1.65. The lowest BCUT2D eigenvalue weighted by Crippen LogP contribution is -1.77. The zero-order chi connectivity index (χ0) is 8.81. The summed E-state index contributed by atoms with van der Waals surface area (Å²) in [5.41, 5.74) is 2.22. The number of hydrogen-bond acceptors (Lipinski definition) is 1. The van der Waals surface area contributed by atoms with Gasteiger partial charge >= 0.3 is 0 Å². The van der Waals surface area contributed by atoms with Crippen molar-refractivity contribution in [2.75, 3.05) is 0 Å². The zero-order valence-corrected chi connectivity index (χ0v) is 7.76. The molecular formula is C9H7Cl2N. The third kappa shape index (κ3) is 3.07. The molecule has 0 fully saturated rings. The molecule has 0 saturated heterocycles. The highest BCUT2D eigenvalue weighted by Gasteiger charge is 1.85. The molecule has 0 radical (unpaired) electrons. The van der Waals surface area contributed by atoms with Gasteiger partial charge in [0.1, 0.15) is 5.16 Å². The monoisotopic (exact) mass is 199 g/mol. The van der Waals surface area contributed by atoms with Crippen LogP contribution >= 0.6 is 23.2 Å². The minimum absolute atomic E-state index is 0.278. The molecule has 0 atom stereocenters. The van der Waals surface area contributed by atoms with Crippen LogP contribution in [0.5, 0.6) is 0 Å². The number of rotatable bonds is 2. The van der Waals surface area contributed by atoms with E-state index in [1.54, 1.807) is 6.21 Å². The highest BCUT2D eigenvalue weighted by molar-refractivity contribution is 6.36. The van der Waals surface area contributed by atoms with Crippen molar-refractivity contribution in [2.24, 2.45) is 4.99 Å². The van der Waals surface area contributed by atoms with Crippen molar-refractivity contribution in [1.82, 2.24) is 0 Å². The SMILES string of the molecule is Cl/C=C(Cl)/N=C/c1ccccc1. The summed E-state index contributed by atoms with van der Waals surface area (Å²) < 4.78 is 0. The van der Waals surface area contributed by atoms with Crippen LogP contribution < -0.4 is 0 Å². The number of hydrogen-bond donors (Lipinski definition) is 0. The van der Waals surface area contributed by atoms with Gasteiger partial charge in [-0.15, -0.1) is 0 Å². The van der Waals surface area contributed by atoms with Gasteiger partial charge in [-0.2, -0.15) is 0 Å². The van der Waals surface area contributed by atoms with E-state index in [0.717, 1.165) is 5.56 Å². The first-order chi connectivity index (χ1) is 5.83. The first-order valence-electron chi connectivity index (χ1n) is 3.38. The van der Waals surface area contributed by atoms with Gasteiger partial charge in [0.05, 0.1) is 0 Å². The second-order valence-electron chi connectivity index (χ2n) is 2.10. The van der Waals surface area contributed by atoms with Crippen LogP contribution in [0.3, 0.4) is 0 Å². The predicted molar refractivity (Wildman–Crippen MR) is 53.8 cm³/mol. The fourth-order valence-electron chi connectivity index (χ4n) is 0.703. The largest absolute Gasteiger partial charge is 0.243 e. The third-order valence-corrected chi connectivity index (χ3v) is 1.75. The minimum Gasteiger partial charge on any atom is -0.243 e. The first-order valence-corrected chi connectivity index (χ1v) is 4.19. The molecule has 1 rings (SSSR count). The van der Waals surface area contributed by atoms with Crippen LogP contribution in [0.1, 0.15) is 5.56 Å². The van der Waals surface area contributed by atoms with Crippen LogP contribution in [0.2, 0.25) is 0 Å². The Labute approximate surface area is 81.3 Å². The maximum atomic E-state index is 5.55. The fourth-order valence-corrected chi connectivity index (χ4v) is 0.809. The average molecular weight is 200 g/mol. The van der Waals surface area contributed by atoms with Gasteiger partial charge in [-0.1, -0.05) is 53.5 Å². The van der Waals surface area contributed by atoms with Gasteiger partial charge in [-0.25, -0.2) is 4.99 Å². The van der Waals surface area contributed by atoms with Crippen molar-refractivity contribution < 1.29 is 0 Å². The second kappa shape index (κ2) is 4.96. The summed E-state index contributed by atoms with van der Waals surface area (Å²) in [4.78, 5) is 3.88. The van der Waals surface area contributed by atoms with Crippen LogP contribution in [0, 0.1) is 0 Å². The van der Waals surface area contributed by atoms with Crippen molar-refractivity contribution >= 4 is 29.4 Å². The molecule has 0 aliphatic rings. The molecule has 0 saturated carbocycles. The van der Waals surface area contributed by atoms with E-state index in [1.165, 1.54) is 5.54 Å². The van der Waals surface area contributed by atoms with E-state index >= 15 is 0 Å². The summed E-state index contributed by atoms with van der Waals surface area (Å²) >= 11 is 10.9. The Balaban J connectivity index is 2.70. The number of aliphatic imine (C=N–C) groups is 1. The van der Waals surface area contributed by atoms with Crippen LogP contribution in [0.25, 0.3) is 0 Å². The molecule has 0 aliphatic heterocycles. The molecule has 1 aromatic carbocycles. The van der Waals surface area contributed by atoms with Crippen LogP contribution in [-0.2, 0) is 0 Å². The Bertz CT molecular complexity index is 291. The Hall–Kier alpha value is -0.790. The molecular weight excluding hydrogens is 193 g/mol. The van der Waals surface area contributed by atoms with Gasteiger partial charge in [0.15, 0.2) is 0 Å².